The van der Waals surface area contributed by atoms with Crippen LogP contribution in [0.25, 0.3) is 0 Å². The van der Waals surface area contributed by atoms with Crippen LogP contribution < -0.4 is 4.90 Å². The molecule has 1 aromatic carbocycles. The van der Waals surface area contributed by atoms with Crippen LogP contribution in [0.1, 0.15) is 24.6 Å². The van der Waals surface area contributed by atoms with Gasteiger partial charge in [0.2, 0.25) is 5.13 Å². The number of azo groups is 1. The largest absolute Gasteiger partial charge is 0.375 e. The van der Waals surface area contributed by atoms with Gasteiger partial charge in [-0.05, 0) is 38.1 Å². The van der Waals surface area contributed by atoms with Crippen LogP contribution in [0.4, 0.5) is 16.5 Å². The molecule has 3 N–H and O–H groups in total. The second kappa shape index (κ2) is 8.35. The maximum absolute atomic E-state index is 11.1. The molecule has 8 nitrogen and oxygen atoms in total. The van der Waals surface area contributed by atoms with E-state index in [0.29, 0.717) is 5.69 Å². The maximum atomic E-state index is 11.1. The van der Waals surface area contributed by atoms with Gasteiger partial charge in [-0.15, -0.1) is 10.2 Å². The highest BCUT2D eigenvalue weighted by atomic mass is 35.5. The quantitative estimate of drug-likeness (QED) is 0.469. The van der Waals surface area contributed by atoms with Crippen molar-refractivity contribution in [3.05, 3.63) is 34.3 Å². The van der Waals surface area contributed by atoms with Crippen LogP contribution in [0.5, 0.6) is 0 Å². The average Bonchev–Trinajstić information content (AvgIpc) is 2.94. The average molecular weight is 405 g/mol. The van der Waals surface area contributed by atoms with Crippen molar-refractivity contribution in [2.75, 3.05) is 18.0 Å². The number of aromatic nitrogens is 1. The van der Waals surface area contributed by atoms with Crippen molar-refractivity contribution in [2.45, 2.75) is 19.7 Å². The van der Waals surface area contributed by atoms with Crippen molar-refractivity contribution in [1.82, 2.24) is 4.98 Å². The number of aliphatic hydroxyl groups is 1. The highest BCUT2D eigenvalue weighted by Crippen LogP contribution is 2.53. The standard InChI is InChI=1S/C14H18ClN4O4PS/c1-3-19(4-2)10-7-5-9(6-8-10)17-18-14-16-12(15)11(25-14)13(20)24(21,22)23/h5-8,13,20H,3-4H2,1-2H3,(H2,21,22,23)/b18-17+. The van der Waals surface area contributed by atoms with Gasteiger partial charge in [0.1, 0.15) is 5.15 Å². The summed E-state index contributed by atoms with van der Waals surface area (Å²) in [6.45, 7) is 5.96. The third kappa shape index (κ3) is 5.07. The van der Waals surface area contributed by atoms with Crippen LogP contribution in [0, 0.1) is 0 Å². The first-order chi connectivity index (χ1) is 11.8. The number of aliphatic hydroxyl groups excluding tert-OH is 1. The molecule has 0 aliphatic rings. The van der Waals surface area contributed by atoms with Gasteiger partial charge in [0.15, 0.2) is 5.85 Å². The summed E-state index contributed by atoms with van der Waals surface area (Å²) < 4.78 is 11.1. The Balaban J connectivity index is 2.16. The lowest BCUT2D eigenvalue weighted by molar-refractivity contribution is 0.208. The molecule has 25 heavy (non-hydrogen) atoms. The molecule has 1 aromatic heterocycles. The van der Waals surface area contributed by atoms with E-state index in [1.807, 2.05) is 12.1 Å². The number of halogens is 1. The molecular formula is C14H18ClN4O4PS. The predicted octanol–water partition coefficient (Wildman–Crippen LogP) is 4.23. The van der Waals surface area contributed by atoms with E-state index < -0.39 is 13.4 Å². The van der Waals surface area contributed by atoms with Gasteiger partial charge in [0.05, 0.1) is 10.6 Å². The van der Waals surface area contributed by atoms with E-state index in [-0.39, 0.29) is 15.2 Å². The molecule has 1 heterocycles. The van der Waals surface area contributed by atoms with Gasteiger partial charge in [-0.2, -0.15) is 0 Å². The molecule has 2 rings (SSSR count). The third-order valence-corrected chi connectivity index (χ3v) is 5.84. The molecule has 2 aromatic rings. The Bertz CT molecular complexity index is 789. The molecular weight excluding hydrogens is 387 g/mol. The van der Waals surface area contributed by atoms with Crippen molar-refractivity contribution in [3.8, 4) is 0 Å². The van der Waals surface area contributed by atoms with E-state index in [0.717, 1.165) is 30.1 Å². The van der Waals surface area contributed by atoms with Gasteiger partial charge < -0.3 is 19.8 Å². The second-order valence-corrected chi connectivity index (χ2v) is 8.04. The lowest BCUT2D eigenvalue weighted by atomic mass is 10.2. The van der Waals surface area contributed by atoms with Gasteiger partial charge in [0, 0.05) is 18.8 Å². The fraction of sp³-hybridized carbons (Fsp3) is 0.357. The van der Waals surface area contributed by atoms with E-state index in [1.54, 1.807) is 12.1 Å². The summed E-state index contributed by atoms with van der Waals surface area (Å²) in [5.74, 6) is -2.02. The van der Waals surface area contributed by atoms with E-state index in [4.69, 9.17) is 21.4 Å². The summed E-state index contributed by atoms with van der Waals surface area (Å²) in [4.78, 5) is 23.9. The summed E-state index contributed by atoms with van der Waals surface area (Å²) in [6.07, 6.45) is 0. The summed E-state index contributed by atoms with van der Waals surface area (Å²) in [7, 11) is -4.73. The van der Waals surface area contributed by atoms with Gasteiger partial charge in [-0.25, -0.2) is 4.98 Å². The van der Waals surface area contributed by atoms with Crippen molar-refractivity contribution >= 4 is 47.0 Å². The Morgan fingerprint density at radius 1 is 1.24 bits per heavy atom. The van der Waals surface area contributed by atoms with Crippen LogP contribution in [0.2, 0.25) is 5.15 Å². The number of hydrogen-bond acceptors (Lipinski definition) is 7. The van der Waals surface area contributed by atoms with Gasteiger partial charge in [-0.3, -0.25) is 4.57 Å². The smallest absolute Gasteiger partial charge is 0.359 e. The van der Waals surface area contributed by atoms with Crippen molar-refractivity contribution in [2.24, 2.45) is 10.2 Å². The topological polar surface area (TPSA) is 119 Å². The van der Waals surface area contributed by atoms with E-state index in [9.17, 15) is 9.67 Å². The summed E-state index contributed by atoms with van der Waals surface area (Å²) in [5, 5.41) is 17.4. The number of hydrogen-bond donors (Lipinski definition) is 3. The minimum absolute atomic E-state index is 0.0975. The number of benzene rings is 1. The zero-order chi connectivity index (χ0) is 18.6. The first kappa shape index (κ1) is 20.0. The Labute approximate surface area is 154 Å². The molecule has 0 fully saturated rings. The first-order valence-electron chi connectivity index (χ1n) is 7.42. The molecule has 0 saturated heterocycles. The molecule has 0 aliphatic carbocycles. The summed E-state index contributed by atoms with van der Waals surface area (Å²) >= 11 is 6.58. The molecule has 11 heteroatoms. The van der Waals surface area contributed by atoms with Crippen molar-refractivity contribution < 1.29 is 19.5 Å². The summed E-state index contributed by atoms with van der Waals surface area (Å²) in [5.41, 5.74) is 1.67. The Morgan fingerprint density at radius 3 is 2.36 bits per heavy atom. The second-order valence-electron chi connectivity index (χ2n) is 5.00. The zero-order valence-corrected chi connectivity index (χ0v) is 16.0. The van der Waals surface area contributed by atoms with E-state index in [1.165, 1.54) is 0 Å². The molecule has 0 radical (unpaired) electrons. The third-order valence-electron chi connectivity index (χ3n) is 3.38. The zero-order valence-electron chi connectivity index (χ0n) is 13.6. The fourth-order valence-corrected chi connectivity index (χ4v) is 4.15. The molecule has 0 aliphatic heterocycles. The SMILES string of the molecule is CCN(CC)c1ccc(/N=N/c2nc(Cl)c(C(O)P(=O)(O)O)s2)cc1. The van der Waals surface area contributed by atoms with E-state index in [2.05, 4.69) is 34.0 Å². The van der Waals surface area contributed by atoms with Gasteiger partial charge >= 0.3 is 7.60 Å². The lowest BCUT2D eigenvalue weighted by Crippen LogP contribution is -2.21. The van der Waals surface area contributed by atoms with Gasteiger partial charge in [-0.1, -0.05) is 22.9 Å². The Kier molecular flexibility index (Phi) is 6.67. The minimum atomic E-state index is -4.73. The van der Waals surface area contributed by atoms with Crippen molar-refractivity contribution in [1.29, 1.82) is 0 Å². The highest BCUT2D eigenvalue weighted by molar-refractivity contribution is 7.52. The van der Waals surface area contributed by atoms with Gasteiger partial charge in [0.25, 0.3) is 0 Å². The summed E-state index contributed by atoms with van der Waals surface area (Å²) in [6, 6.07) is 7.47. The normalized spacial score (nSPS) is 13.4. The molecule has 1 unspecified atom stereocenters. The highest BCUT2D eigenvalue weighted by Gasteiger charge is 2.32. The monoisotopic (exact) mass is 404 g/mol. The Morgan fingerprint density at radius 2 is 1.84 bits per heavy atom. The first-order valence-corrected chi connectivity index (χ1v) is 10.3. The molecule has 136 valence electrons. The molecule has 0 spiro atoms. The molecule has 0 bridgehead atoms. The number of anilines is 1. The van der Waals surface area contributed by atoms with Crippen LogP contribution in [0.3, 0.4) is 0 Å². The predicted molar refractivity (Wildman–Crippen MR) is 98.3 cm³/mol. The molecule has 1 atom stereocenters. The van der Waals surface area contributed by atoms with Crippen molar-refractivity contribution in [3.63, 3.8) is 0 Å². The van der Waals surface area contributed by atoms with Crippen LogP contribution >= 0.6 is 30.5 Å². The lowest BCUT2D eigenvalue weighted by Gasteiger charge is -2.20. The van der Waals surface area contributed by atoms with Crippen LogP contribution in [-0.2, 0) is 4.57 Å². The Hall–Kier alpha value is -1.35. The molecule has 0 amide bonds. The van der Waals surface area contributed by atoms with Crippen LogP contribution in [0.15, 0.2) is 34.5 Å². The fourth-order valence-electron chi connectivity index (χ4n) is 2.08. The minimum Gasteiger partial charge on any atom is -0.375 e. The number of nitrogens with zero attached hydrogens (tertiary/aromatic N) is 4. The molecule has 0 saturated carbocycles. The van der Waals surface area contributed by atoms with E-state index >= 15 is 0 Å². The number of thiazole rings is 1. The maximum Gasteiger partial charge on any atom is 0.359 e. The number of rotatable bonds is 7. The van der Waals surface area contributed by atoms with Crippen LogP contribution in [-0.4, -0.2) is 33.0 Å².